The van der Waals surface area contributed by atoms with Crippen LogP contribution in [0.5, 0.6) is 0 Å². The maximum Gasteiger partial charge on any atom is 0.183 e. The van der Waals surface area contributed by atoms with Crippen molar-refractivity contribution in [2.75, 3.05) is 25.0 Å². The first-order chi connectivity index (χ1) is 9.26. The van der Waals surface area contributed by atoms with E-state index in [1.54, 1.807) is 11.3 Å². The molecule has 1 aromatic heterocycles. The van der Waals surface area contributed by atoms with Crippen LogP contribution in [0, 0.1) is 0 Å². The van der Waals surface area contributed by atoms with Crippen LogP contribution < -0.4 is 5.32 Å². The first-order valence-electron chi connectivity index (χ1n) is 6.80. The van der Waals surface area contributed by atoms with Crippen molar-refractivity contribution >= 4 is 42.6 Å². The Hall–Kier alpha value is -0.650. The lowest BCUT2D eigenvalue weighted by Gasteiger charge is -2.22. The van der Waals surface area contributed by atoms with Crippen molar-refractivity contribution < 1.29 is 0 Å². The van der Waals surface area contributed by atoms with Crippen LogP contribution in [0.3, 0.4) is 0 Å². The molecule has 0 aliphatic carbocycles. The van der Waals surface area contributed by atoms with Gasteiger partial charge in [-0.3, -0.25) is 4.90 Å². The van der Waals surface area contributed by atoms with E-state index >= 15 is 0 Å². The molecule has 0 saturated carbocycles. The summed E-state index contributed by atoms with van der Waals surface area (Å²) in [6.45, 7) is 5.65. The predicted octanol–water partition coefficient (Wildman–Crippen LogP) is 3.96. The average molecular weight is 340 g/mol. The summed E-state index contributed by atoms with van der Waals surface area (Å²) in [5, 5.41) is 4.55. The van der Waals surface area contributed by atoms with Gasteiger partial charge in [-0.15, -0.1) is 0 Å². The third kappa shape index (κ3) is 2.93. The molecular weight excluding hydrogens is 322 g/mol. The van der Waals surface area contributed by atoms with E-state index in [2.05, 4.69) is 56.3 Å². The fraction of sp³-hybridized carbons (Fsp3) is 0.500. The summed E-state index contributed by atoms with van der Waals surface area (Å²) in [6.07, 6.45) is 2.63. The number of aromatic nitrogens is 1. The van der Waals surface area contributed by atoms with Gasteiger partial charge < -0.3 is 5.32 Å². The van der Waals surface area contributed by atoms with Gasteiger partial charge in [0.1, 0.15) is 0 Å². The normalized spacial score (nSPS) is 20.2. The van der Waals surface area contributed by atoms with Gasteiger partial charge in [0, 0.05) is 17.1 Å². The van der Waals surface area contributed by atoms with Gasteiger partial charge in [0.2, 0.25) is 0 Å². The van der Waals surface area contributed by atoms with Crippen molar-refractivity contribution in [1.82, 2.24) is 9.88 Å². The summed E-state index contributed by atoms with van der Waals surface area (Å²) in [5.74, 6) is 0. The zero-order valence-electron chi connectivity index (χ0n) is 11.0. The molecule has 19 heavy (non-hydrogen) atoms. The summed E-state index contributed by atoms with van der Waals surface area (Å²) >= 11 is 5.23. The molecule has 1 aliphatic heterocycles. The van der Waals surface area contributed by atoms with Crippen molar-refractivity contribution in [3.05, 3.63) is 22.7 Å². The first kappa shape index (κ1) is 13.3. The van der Waals surface area contributed by atoms with E-state index < -0.39 is 0 Å². The van der Waals surface area contributed by atoms with E-state index in [0.29, 0.717) is 6.04 Å². The van der Waals surface area contributed by atoms with Crippen molar-refractivity contribution in [2.45, 2.75) is 25.8 Å². The third-order valence-electron chi connectivity index (χ3n) is 3.74. The molecule has 0 radical (unpaired) electrons. The Morgan fingerprint density at radius 1 is 1.53 bits per heavy atom. The largest absolute Gasteiger partial charge is 0.360 e. The number of thiazole rings is 1. The smallest absolute Gasteiger partial charge is 0.183 e. The average Bonchev–Trinajstić information content (AvgIpc) is 3.01. The highest BCUT2D eigenvalue weighted by atomic mass is 79.9. The van der Waals surface area contributed by atoms with Crippen molar-refractivity contribution in [1.29, 1.82) is 0 Å². The maximum atomic E-state index is 4.64. The lowest BCUT2D eigenvalue weighted by Crippen LogP contribution is -2.34. The van der Waals surface area contributed by atoms with E-state index in [-0.39, 0.29) is 0 Å². The van der Waals surface area contributed by atoms with E-state index in [9.17, 15) is 0 Å². The number of likely N-dealkylation sites (N-methyl/N-ethyl adjacent to an activating group) is 1. The molecule has 1 atom stereocenters. The molecule has 1 aliphatic rings. The molecule has 2 aromatic rings. The summed E-state index contributed by atoms with van der Waals surface area (Å²) in [7, 11) is 0. The molecule has 2 heterocycles. The van der Waals surface area contributed by atoms with Crippen molar-refractivity contribution in [3.8, 4) is 0 Å². The van der Waals surface area contributed by atoms with Crippen LogP contribution in [0.1, 0.15) is 19.8 Å². The molecule has 1 unspecified atom stereocenters. The summed E-state index contributed by atoms with van der Waals surface area (Å²) in [5.41, 5.74) is 1.07. The molecule has 1 aromatic carbocycles. The number of rotatable bonds is 4. The lowest BCUT2D eigenvalue weighted by molar-refractivity contribution is 0.277. The molecule has 0 bridgehead atoms. The molecule has 3 rings (SSSR count). The van der Waals surface area contributed by atoms with Crippen molar-refractivity contribution in [3.63, 3.8) is 0 Å². The van der Waals surface area contributed by atoms with Gasteiger partial charge in [0.15, 0.2) is 5.13 Å². The third-order valence-corrected chi connectivity index (χ3v) is 5.23. The summed E-state index contributed by atoms with van der Waals surface area (Å²) in [4.78, 5) is 7.20. The van der Waals surface area contributed by atoms with Crippen LogP contribution in [0.15, 0.2) is 22.7 Å². The highest BCUT2D eigenvalue weighted by Gasteiger charge is 2.22. The van der Waals surface area contributed by atoms with Crippen LogP contribution >= 0.6 is 27.3 Å². The topological polar surface area (TPSA) is 28.2 Å². The second-order valence-corrected chi connectivity index (χ2v) is 6.88. The zero-order valence-corrected chi connectivity index (χ0v) is 13.4. The Balaban J connectivity index is 1.68. The van der Waals surface area contributed by atoms with Crippen LogP contribution in [0.25, 0.3) is 10.2 Å². The molecule has 1 N–H and O–H groups in total. The molecule has 0 spiro atoms. The van der Waals surface area contributed by atoms with Gasteiger partial charge >= 0.3 is 0 Å². The van der Waals surface area contributed by atoms with Crippen molar-refractivity contribution in [2.24, 2.45) is 0 Å². The predicted molar refractivity (Wildman–Crippen MR) is 86.1 cm³/mol. The number of anilines is 1. The number of likely N-dealkylation sites (tertiary alicyclic amines) is 1. The van der Waals surface area contributed by atoms with Gasteiger partial charge in [-0.25, -0.2) is 4.98 Å². The van der Waals surface area contributed by atoms with E-state index in [0.717, 1.165) is 28.2 Å². The van der Waals surface area contributed by atoms with E-state index in [1.807, 2.05) is 0 Å². The van der Waals surface area contributed by atoms with Gasteiger partial charge in [-0.1, -0.05) is 34.2 Å². The molecule has 3 nitrogen and oxygen atoms in total. The van der Waals surface area contributed by atoms with Gasteiger partial charge in [-0.05, 0) is 44.1 Å². The minimum absolute atomic E-state index is 0.670. The standard InChI is InChI=1S/C14H18BrN3S/c1-2-18-7-3-4-11(18)9-16-14-17-12-8-10(15)5-6-13(12)19-14/h5-6,8,11H,2-4,7,9H2,1H3,(H,16,17). The van der Waals surface area contributed by atoms with Gasteiger partial charge in [0.05, 0.1) is 10.2 Å². The number of nitrogens with one attached hydrogen (secondary N) is 1. The fourth-order valence-corrected chi connectivity index (χ4v) is 3.93. The monoisotopic (exact) mass is 339 g/mol. The Labute approximate surface area is 126 Å². The summed E-state index contributed by atoms with van der Waals surface area (Å²) < 4.78 is 2.33. The number of halogens is 1. The number of hydrogen-bond acceptors (Lipinski definition) is 4. The van der Waals surface area contributed by atoms with Crippen LogP contribution in [-0.2, 0) is 0 Å². The molecule has 5 heteroatoms. The van der Waals surface area contributed by atoms with E-state index in [1.165, 1.54) is 24.1 Å². The van der Waals surface area contributed by atoms with Gasteiger partial charge in [0.25, 0.3) is 0 Å². The van der Waals surface area contributed by atoms with Crippen LogP contribution in [-0.4, -0.2) is 35.6 Å². The Bertz CT molecular complexity index is 569. The number of benzene rings is 1. The Morgan fingerprint density at radius 2 is 2.42 bits per heavy atom. The number of nitrogens with zero attached hydrogens (tertiary/aromatic N) is 2. The highest BCUT2D eigenvalue weighted by Crippen LogP contribution is 2.28. The minimum Gasteiger partial charge on any atom is -0.360 e. The molecule has 102 valence electrons. The molecular formula is C14H18BrN3S. The Kier molecular flexibility index (Phi) is 4.05. The summed E-state index contributed by atoms with van der Waals surface area (Å²) in [6, 6.07) is 6.94. The second kappa shape index (κ2) is 5.77. The lowest BCUT2D eigenvalue weighted by atomic mass is 10.2. The maximum absolute atomic E-state index is 4.64. The molecule has 1 fully saturated rings. The zero-order chi connectivity index (χ0) is 13.2. The molecule has 1 saturated heterocycles. The van der Waals surface area contributed by atoms with Gasteiger partial charge in [-0.2, -0.15) is 0 Å². The second-order valence-electron chi connectivity index (χ2n) is 4.94. The number of hydrogen-bond donors (Lipinski definition) is 1. The van der Waals surface area contributed by atoms with Crippen LogP contribution in [0.4, 0.5) is 5.13 Å². The number of fused-ring (bicyclic) bond motifs is 1. The quantitative estimate of drug-likeness (QED) is 0.913. The van der Waals surface area contributed by atoms with E-state index in [4.69, 9.17) is 0 Å². The fourth-order valence-electron chi connectivity index (χ4n) is 2.72. The first-order valence-corrected chi connectivity index (χ1v) is 8.41. The highest BCUT2D eigenvalue weighted by molar-refractivity contribution is 9.10. The SMILES string of the molecule is CCN1CCCC1CNc1nc2cc(Br)ccc2s1. The van der Waals surface area contributed by atoms with Crippen LogP contribution in [0.2, 0.25) is 0 Å². The molecule has 0 amide bonds. The Morgan fingerprint density at radius 3 is 3.26 bits per heavy atom. The minimum atomic E-state index is 0.670.